The second kappa shape index (κ2) is 4.97. The second-order valence-electron chi connectivity index (χ2n) is 3.94. The first-order valence-corrected chi connectivity index (χ1v) is 5.68. The summed E-state index contributed by atoms with van der Waals surface area (Å²) in [5, 5.41) is 10.6. The van der Waals surface area contributed by atoms with Crippen LogP contribution in [0.2, 0.25) is 5.02 Å². The Hall–Kier alpha value is -0.570. The van der Waals surface area contributed by atoms with E-state index in [0.29, 0.717) is 11.4 Å². The number of hydrogen-bond donors (Lipinski definition) is 1. The molecule has 0 bridgehead atoms. The van der Waals surface area contributed by atoms with Gasteiger partial charge < -0.3 is 9.84 Å². The number of aliphatic hydroxyl groups excluding tert-OH is 1. The van der Waals surface area contributed by atoms with Crippen LogP contribution in [0.3, 0.4) is 0 Å². The third-order valence-corrected chi connectivity index (χ3v) is 3.02. The van der Waals surface area contributed by atoms with Gasteiger partial charge in [0.1, 0.15) is 0 Å². The van der Waals surface area contributed by atoms with Crippen molar-refractivity contribution >= 4 is 11.6 Å². The van der Waals surface area contributed by atoms with Gasteiger partial charge in [-0.2, -0.15) is 0 Å². The Balaban J connectivity index is 1.94. The van der Waals surface area contributed by atoms with E-state index in [9.17, 15) is 5.11 Å². The van der Waals surface area contributed by atoms with Crippen LogP contribution < -0.4 is 0 Å². The van der Waals surface area contributed by atoms with E-state index in [2.05, 4.69) is 0 Å². The smallest absolute Gasteiger partial charge is 0.0814 e. The molecule has 1 N–H and O–H groups in total. The first kappa shape index (κ1) is 10.9. The third-order valence-electron chi connectivity index (χ3n) is 2.76. The Morgan fingerprint density at radius 1 is 1.40 bits per heavy atom. The van der Waals surface area contributed by atoms with E-state index in [1.165, 1.54) is 0 Å². The molecule has 1 fully saturated rings. The fourth-order valence-electron chi connectivity index (χ4n) is 1.90. The van der Waals surface area contributed by atoms with E-state index in [-0.39, 0.29) is 6.10 Å². The summed E-state index contributed by atoms with van der Waals surface area (Å²) in [6.45, 7) is 0.831. The monoisotopic (exact) mass is 226 g/mol. The fourth-order valence-corrected chi connectivity index (χ4v) is 2.03. The van der Waals surface area contributed by atoms with Crippen molar-refractivity contribution in [3.63, 3.8) is 0 Å². The maximum atomic E-state index is 9.95. The lowest BCUT2D eigenvalue weighted by Crippen LogP contribution is -2.11. The van der Waals surface area contributed by atoms with Gasteiger partial charge in [-0.3, -0.25) is 0 Å². The molecule has 1 saturated heterocycles. The summed E-state index contributed by atoms with van der Waals surface area (Å²) in [7, 11) is 0. The molecule has 1 aliphatic rings. The zero-order valence-corrected chi connectivity index (χ0v) is 9.28. The molecule has 2 rings (SSSR count). The minimum Gasteiger partial charge on any atom is -0.388 e. The molecular weight excluding hydrogens is 212 g/mol. The number of halogens is 1. The fraction of sp³-hybridized carbons (Fsp3) is 0.500. The van der Waals surface area contributed by atoms with Crippen LogP contribution in [0.25, 0.3) is 0 Å². The number of hydrogen-bond acceptors (Lipinski definition) is 2. The molecule has 1 heterocycles. The molecule has 0 amide bonds. The summed E-state index contributed by atoms with van der Waals surface area (Å²) in [5.74, 6) is 0. The molecule has 0 aliphatic carbocycles. The highest BCUT2D eigenvalue weighted by atomic mass is 35.5. The largest absolute Gasteiger partial charge is 0.388 e. The minimum atomic E-state index is -0.439. The Morgan fingerprint density at radius 2 is 2.13 bits per heavy atom. The second-order valence-corrected chi connectivity index (χ2v) is 4.37. The quantitative estimate of drug-likeness (QED) is 0.859. The van der Waals surface area contributed by atoms with Crippen LogP contribution in [-0.4, -0.2) is 17.8 Å². The summed E-state index contributed by atoms with van der Waals surface area (Å²) in [6, 6.07) is 7.33. The van der Waals surface area contributed by atoms with Crippen LogP contribution in [0, 0.1) is 0 Å². The van der Waals surface area contributed by atoms with E-state index in [4.69, 9.17) is 16.3 Å². The van der Waals surface area contributed by atoms with Gasteiger partial charge in [0.25, 0.3) is 0 Å². The number of benzene rings is 1. The Labute approximate surface area is 94.8 Å². The highest BCUT2D eigenvalue weighted by molar-refractivity contribution is 6.30. The molecule has 15 heavy (non-hydrogen) atoms. The average Bonchev–Trinajstić information content (AvgIpc) is 2.71. The molecule has 0 radical (unpaired) electrons. The number of rotatable bonds is 3. The topological polar surface area (TPSA) is 29.5 Å². The van der Waals surface area contributed by atoms with Crippen LogP contribution in [0.1, 0.15) is 30.9 Å². The van der Waals surface area contributed by atoms with Gasteiger partial charge in [-0.25, -0.2) is 0 Å². The van der Waals surface area contributed by atoms with Crippen molar-refractivity contribution in [2.45, 2.75) is 31.5 Å². The molecule has 3 heteroatoms. The first-order chi connectivity index (χ1) is 7.25. The molecule has 2 nitrogen and oxygen atoms in total. The van der Waals surface area contributed by atoms with Gasteiger partial charge >= 0.3 is 0 Å². The molecule has 82 valence electrons. The SMILES string of the molecule is OC(CC1CCCO1)c1ccc(Cl)cc1. The molecule has 0 spiro atoms. The lowest BCUT2D eigenvalue weighted by atomic mass is 10.0. The molecule has 1 aliphatic heterocycles. The number of aliphatic hydroxyl groups is 1. The lowest BCUT2D eigenvalue weighted by molar-refractivity contribution is 0.0535. The first-order valence-electron chi connectivity index (χ1n) is 5.31. The molecular formula is C12H15ClO2. The van der Waals surface area contributed by atoms with E-state index in [1.807, 2.05) is 12.1 Å². The van der Waals surface area contributed by atoms with Gasteiger partial charge in [-0.15, -0.1) is 0 Å². The van der Waals surface area contributed by atoms with Crippen LogP contribution in [0.4, 0.5) is 0 Å². The predicted octanol–water partition coefficient (Wildman–Crippen LogP) is 2.94. The average molecular weight is 227 g/mol. The van der Waals surface area contributed by atoms with Gasteiger partial charge in [0.2, 0.25) is 0 Å². The van der Waals surface area contributed by atoms with Crippen molar-refractivity contribution in [1.29, 1.82) is 0 Å². The summed E-state index contributed by atoms with van der Waals surface area (Å²) >= 11 is 5.78. The highest BCUT2D eigenvalue weighted by Gasteiger charge is 2.20. The van der Waals surface area contributed by atoms with Crippen LogP contribution >= 0.6 is 11.6 Å². The van der Waals surface area contributed by atoms with Crippen molar-refractivity contribution < 1.29 is 9.84 Å². The summed E-state index contributed by atoms with van der Waals surface area (Å²) in [5.41, 5.74) is 0.912. The normalized spacial score (nSPS) is 22.9. The molecule has 2 atom stereocenters. The van der Waals surface area contributed by atoms with E-state index < -0.39 is 6.10 Å². The van der Waals surface area contributed by atoms with Gasteiger partial charge in [0.05, 0.1) is 12.2 Å². The van der Waals surface area contributed by atoms with Crippen LogP contribution in [0.5, 0.6) is 0 Å². The van der Waals surface area contributed by atoms with E-state index in [0.717, 1.165) is 25.0 Å². The third kappa shape index (κ3) is 2.94. The van der Waals surface area contributed by atoms with Gasteiger partial charge in [-0.1, -0.05) is 23.7 Å². The van der Waals surface area contributed by atoms with Gasteiger partial charge in [0, 0.05) is 18.1 Å². The molecule has 1 aromatic rings. The van der Waals surface area contributed by atoms with Crippen LogP contribution in [-0.2, 0) is 4.74 Å². The molecule has 0 saturated carbocycles. The Kier molecular flexibility index (Phi) is 3.62. The number of ether oxygens (including phenoxy) is 1. The van der Waals surface area contributed by atoms with E-state index in [1.54, 1.807) is 12.1 Å². The zero-order chi connectivity index (χ0) is 10.7. The zero-order valence-electron chi connectivity index (χ0n) is 8.53. The van der Waals surface area contributed by atoms with Crippen molar-refractivity contribution in [2.24, 2.45) is 0 Å². The highest BCUT2D eigenvalue weighted by Crippen LogP contribution is 2.25. The Bertz CT molecular complexity index is 304. The summed E-state index contributed by atoms with van der Waals surface area (Å²) < 4.78 is 5.48. The minimum absolute atomic E-state index is 0.218. The van der Waals surface area contributed by atoms with Crippen molar-refractivity contribution in [1.82, 2.24) is 0 Å². The summed E-state index contributed by atoms with van der Waals surface area (Å²) in [4.78, 5) is 0. The molecule has 0 aromatic heterocycles. The van der Waals surface area contributed by atoms with E-state index >= 15 is 0 Å². The van der Waals surface area contributed by atoms with Gasteiger partial charge in [-0.05, 0) is 30.5 Å². The lowest BCUT2D eigenvalue weighted by Gasteiger charge is -2.15. The standard InChI is InChI=1S/C12H15ClO2/c13-10-5-3-9(4-6-10)12(14)8-11-2-1-7-15-11/h3-6,11-12,14H,1-2,7-8H2. The summed E-state index contributed by atoms with van der Waals surface area (Å²) in [6.07, 6.45) is 2.63. The molecule has 1 aromatic carbocycles. The van der Waals surface area contributed by atoms with Crippen molar-refractivity contribution in [3.8, 4) is 0 Å². The Morgan fingerprint density at radius 3 is 2.73 bits per heavy atom. The maximum Gasteiger partial charge on any atom is 0.0814 e. The molecule has 2 unspecified atom stereocenters. The van der Waals surface area contributed by atoms with Crippen molar-refractivity contribution in [2.75, 3.05) is 6.61 Å². The maximum absolute atomic E-state index is 9.95. The predicted molar refractivity (Wildman–Crippen MR) is 60.0 cm³/mol. The van der Waals surface area contributed by atoms with Crippen molar-refractivity contribution in [3.05, 3.63) is 34.9 Å². The van der Waals surface area contributed by atoms with Gasteiger partial charge in [0.15, 0.2) is 0 Å². The van der Waals surface area contributed by atoms with Crippen LogP contribution in [0.15, 0.2) is 24.3 Å².